The molecule has 0 atom stereocenters. The van der Waals surface area contributed by atoms with Crippen molar-refractivity contribution in [2.75, 3.05) is 32.6 Å². The summed E-state index contributed by atoms with van der Waals surface area (Å²) in [7, 11) is -2.00. The first-order valence-electron chi connectivity index (χ1n) is 6.52. The molecule has 0 aliphatic heterocycles. The van der Waals surface area contributed by atoms with Gasteiger partial charge in [-0.15, -0.1) is 0 Å². The Balaban J connectivity index is 2.77. The summed E-state index contributed by atoms with van der Waals surface area (Å²) < 4.78 is 37.3. The van der Waals surface area contributed by atoms with Gasteiger partial charge in [0.2, 0.25) is 10.0 Å². The van der Waals surface area contributed by atoms with E-state index in [1.54, 1.807) is 26.2 Å². The maximum absolute atomic E-state index is 12.2. The number of hydrogen-bond donors (Lipinski definition) is 2. The minimum Gasteiger partial charge on any atom is -0.492 e. The zero-order valence-corrected chi connectivity index (χ0v) is 12.7. The smallest absolute Gasteiger partial charge is 0.244 e. The maximum atomic E-state index is 12.2. The average Bonchev–Trinajstić information content (AvgIpc) is 2.40. The summed E-state index contributed by atoms with van der Waals surface area (Å²) in [6.07, 6.45) is 1.51. The Labute approximate surface area is 120 Å². The van der Waals surface area contributed by atoms with Crippen LogP contribution in [0, 0.1) is 0 Å². The molecule has 0 saturated carbocycles. The monoisotopic (exact) mass is 302 g/mol. The van der Waals surface area contributed by atoms with Crippen molar-refractivity contribution in [3.63, 3.8) is 0 Å². The van der Waals surface area contributed by atoms with Gasteiger partial charge in [-0.2, -0.15) is 0 Å². The van der Waals surface area contributed by atoms with Crippen LogP contribution in [0.25, 0.3) is 0 Å². The van der Waals surface area contributed by atoms with Crippen LogP contribution >= 0.6 is 0 Å². The number of unbranched alkanes of at least 4 members (excludes halogenated alkanes) is 1. The van der Waals surface area contributed by atoms with Crippen molar-refractivity contribution in [3.05, 3.63) is 18.2 Å². The van der Waals surface area contributed by atoms with E-state index >= 15 is 0 Å². The molecule has 0 aliphatic carbocycles. The zero-order chi connectivity index (χ0) is 15.0. The number of ether oxygens (including phenoxy) is 2. The first kappa shape index (κ1) is 16.7. The van der Waals surface area contributed by atoms with Gasteiger partial charge < -0.3 is 15.2 Å². The molecule has 0 radical (unpaired) electrons. The van der Waals surface area contributed by atoms with E-state index in [2.05, 4.69) is 4.72 Å². The molecule has 1 aromatic rings. The summed E-state index contributed by atoms with van der Waals surface area (Å²) in [6.45, 7) is 3.15. The van der Waals surface area contributed by atoms with Crippen molar-refractivity contribution in [2.24, 2.45) is 0 Å². The number of nitrogens with one attached hydrogen (secondary N) is 1. The predicted octanol–water partition coefficient (Wildman–Crippen LogP) is 1.37. The molecule has 0 aliphatic rings. The van der Waals surface area contributed by atoms with Crippen molar-refractivity contribution in [3.8, 4) is 5.75 Å². The highest BCUT2D eigenvalue weighted by Crippen LogP contribution is 2.26. The van der Waals surface area contributed by atoms with Gasteiger partial charge in [0.25, 0.3) is 0 Å². The molecular weight excluding hydrogens is 280 g/mol. The molecule has 0 heterocycles. The van der Waals surface area contributed by atoms with Crippen LogP contribution < -0.4 is 15.2 Å². The number of sulfonamides is 1. The lowest BCUT2D eigenvalue weighted by molar-refractivity contribution is 0.193. The Kier molecular flexibility index (Phi) is 6.77. The van der Waals surface area contributed by atoms with E-state index in [-0.39, 0.29) is 4.90 Å². The molecule has 114 valence electrons. The molecule has 20 heavy (non-hydrogen) atoms. The van der Waals surface area contributed by atoms with Gasteiger partial charge in [-0.1, -0.05) is 0 Å². The minimum atomic E-state index is -3.62. The SMILES string of the molecule is CCOc1ccc(N)cc1S(=O)(=O)NCCCCOC. The number of rotatable bonds is 9. The number of hydrogen-bond acceptors (Lipinski definition) is 5. The Morgan fingerprint density at radius 3 is 2.70 bits per heavy atom. The molecule has 0 saturated heterocycles. The second-order valence-electron chi connectivity index (χ2n) is 4.24. The Hall–Kier alpha value is -1.31. The number of methoxy groups -OCH3 is 1. The van der Waals surface area contributed by atoms with Gasteiger partial charge in [-0.05, 0) is 38.0 Å². The molecule has 0 aromatic heterocycles. The average molecular weight is 302 g/mol. The zero-order valence-electron chi connectivity index (χ0n) is 11.9. The van der Waals surface area contributed by atoms with Crippen LogP contribution in [0.4, 0.5) is 5.69 Å². The summed E-state index contributed by atoms with van der Waals surface area (Å²) in [6, 6.07) is 4.59. The first-order chi connectivity index (χ1) is 9.51. The fourth-order valence-electron chi connectivity index (χ4n) is 1.67. The topological polar surface area (TPSA) is 90.7 Å². The third-order valence-electron chi connectivity index (χ3n) is 2.62. The van der Waals surface area contributed by atoms with Crippen LogP contribution in [0.2, 0.25) is 0 Å². The molecule has 0 spiro atoms. The third kappa shape index (κ3) is 4.99. The molecule has 1 aromatic carbocycles. The van der Waals surface area contributed by atoms with Crippen LogP contribution in [-0.4, -0.2) is 35.3 Å². The first-order valence-corrected chi connectivity index (χ1v) is 8.00. The van der Waals surface area contributed by atoms with E-state index in [0.717, 1.165) is 6.42 Å². The Morgan fingerprint density at radius 1 is 1.30 bits per heavy atom. The van der Waals surface area contributed by atoms with Gasteiger partial charge in [0.05, 0.1) is 6.61 Å². The number of anilines is 1. The lowest BCUT2D eigenvalue weighted by Gasteiger charge is -2.12. The highest BCUT2D eigenvalue weighted by Gasteiger charge is 2.19. The van der Waals surface area contributed by atoms with Crippen molar-refractivity contribution in [2.45, 2.75) is 24.7 Å². The van der Waals surface area contributed by atoms with E-state index in [4.69, 9.17) is 15.2 Å². The van der Waals surface area contributed by atoms with Crippen molar-refractivity contribution in [1.29, 1.82) is 0 Å². The van der Waals surface area contributed by atoms with E-state index in [0.29, 0.717) is 37.6 Å². The van der Waals surface area contributed by atoms with E-state index < -0.39 is 10.0 Å². The highest BCUT2D eigenvalue weighted by molar-refractivity contribution is 7.89. The van der Waals surface area contributed by atoms with Gasteiger partial charge in [0, 0.05) is 25.9 Å². The minimum absolute atomic E-state index is 0.0751. The molecule has 0 amide bonds. The normalized spacial score (nSPS) is 11.5. The van der Waals surface area contributed by atoms with Crippen molar-refractivity contribution < 1.29 is 17.9 Å². The largest absolute Gasteiger partial charge is 0.492 e. The van der Waals surface area contributed by atoms with Crippen LogP contribution in [0.15, 0.2) is 23.1 Å². The Bertz CT molecular complexity index is 517. The van der Waals surface area contributed by atoms with Crippen molar-refractivity contribution >= 4 is 15.7 Å². The molecule has 6 nitrogen and oxygen atoms in total. The fraction of sp³-hybridized carbons (Fsp3) is 0.538. The van der Waals surface area contributed by atoms with Crippen molar-refractivity contribution in [1.82, 2.24) is 4.72 Å². The lowest BCUT2D eigenvalue weighted by atomic mass is 10.3. The number of benzene rings is 1. The van der Waals surface area contributed by atoms with E-state index in [9.17, 15) is 8.42 Å². The van der Waals surface area contributed by atoms with Gasteiger partial charge in [-0.3, -0.25) is 0 Å². The maximum Gasteiger partial charge on any atom is 0.244 e. The summed E-state index contributed by atoms with van der Waals surface area (Å²) in [5, 5.41) is 0. The number of nitrogens with two attached hydrogens (primary N) is 1. The van der Waals surface area contributed by atoms with Crippen LogP contribution in [-0.2, 0) is 14.8 Å². The third-order valence-corrected chi connectivity index (χ3v) is 4.11. The molecule has 0 fully saturated rings. The Morgan fingerprint density at radius 2 is 2.05 bits per heavy atom. The molecule has 7 heteroatoms. The van der Waals surface area contributed by atoms with E-state index in [1.807, 2.05) is 0 Å². The molecule has 0 bridgehead atoms. The lowest BCUT2D eigenvalue weighted by Crippen LogP contribution is -2.25. The standard InChI is InChI=1S/C13H22N2O4S/c1-3-19-12-7-6-11(14)10-13(12)20(16,17)15-8-4-5-9-18-2/h6-7,10,15H,3-5,8-9,14H2,1-2H3. The second-order valence-corrected chi connectivity index (χ2v) is 5.97. The van der Waals surface area contributed by atoms with Crippen LogP contribution in [0.1, 0.15) is 19.8 Å². The summed E-state index contributed by atoms with van der Waals surface area (Å²) >= 11 is 0. The van der Waals surface area contributed by atoms with Gasteiger partial charge in [0.1, 0.15) is 10.6 Å². The molecule has 1 rings (SSSR count). The summed E-state index contributed by atoms with van der Waals surface area (Å²) in [5.41, 5.74) is 6.03. The quantitative estimate of drug-likeness (QED) is 0.531. The molecule has 0 unspecified atom stereocenters. The summed E-state index contributed by atoms with van der Waals surface area (Å²) in [4.78, 5) is 0.0751. The van der Waals surface area contributed by atoms with Gasteiger partial charge in [-0.25, -0.2) is 13.1 Å². The highest BCUT2D eigenvalue weighted by atomic mass is 32.2. The van der Waals surface area contributed by atoms with Crippen LogP contribution in [0.5, 0.6) is 5.75 Å². The fourth-order valence-corrected chi connectivity index (χ4v) is 2.92. The number of nitrogen functional groups attached to an aromatic ring is 1. The van der Waals surface area contributed by atoms with Gasteiger partial charge >= 0.3 is 0 Å². The van der Waals surface area contributed by atoms with Crippen LogP contribution in [0.3, 0.4) is 0 Å². The molecular formula is C13H22N2O4S. The van der Waals surface area contributed by atoms with Gasteiger partial charge in [0.15, 0.2) is 0 Å². The predicted molar refractivity (Wildman–Crippen MR) is 78.3 cm³/mol. The second kappa shape index (κ2) is 8.08. The summed E-state index contributed by atoms with van der Waals surface area (Å²) in [5.74, 6) is 0.311. The molecule has 3 N–H and O–H groups in total. The van der Waals surface area contributed by atoms with E-state index in [1.165, 1.54) is 6.07 Å².